The van der Waals surface area contributed by atoms with E-state index in [1.807, 2.05) is 24.1 Å². The monoisotopic (exact) mass is 562 g/mol. The third-order valence-electron chi connectivity index (χ3n) is 7.07. The number of hydrogen-bond donors (Lipinski definition) is 4. The van der Waals surface area contributed by atoms with Gasteiger partial charge in [0.25, 0.3) is 0 Å². The van der Waals surface area contributed by atoms with Gasteiger partial charge in [0.05, 0.1) is 24.0 Å². The van der Waals surface area contributed by atoms with Crippen molar-refractivity contribution >= 4 is 55.5 Å². The van der Waals surface area contributed by atoms with Crippen LogP contribution in [-0.4, -0.2) is 52.5 Å². The summed E-state index contributed by atoms with van der Waals surface area (Å²) in [6.07, 6.45) is 7.45. The van der Waals surface area contributed by atoms with E-state index in [0.717, 1.165) is 36.8 Å². The van der Waals surface area contributed by atoms with Crippen molar-refractivity contribution in [2.24, 2.45) is 11.8 Å². The predicted molar refractivity (Wildman–Crippen MR) is 151 cm³/mol. The summed E-state index contributed by atoms with van der Waals surface area (Å²) in [5.74, 6) is 1.56. The Morgan fingerprint density at radius 3 is 2.61 bits per heavy atom. The van der Waals surface area contributed by atoms with Gasteiger partial charge in [0.15, 0.2) is 14.4 Å². The molecule has 36 heavy (non-hydrogen) atoms. The summed E-state index contributed by atoms with van der Waals surface area (Å²) < 4.78 is 14.3. The predicted octanol–water partition coefficient (Wildman–Crippen LogP) is 5.55. The molecule has 2 aliphatic rings. The molecule has 2 aliphatic carbocycles. The first-order valence-corrected chi connectivity index (χ1v) is 13.9. The molecule has 190 valence electrons. The van der Waals surface area contributed by atoms with Gasteiger partial charge in [-0.2, -0.15) is 5.10 Å². The number of phenols is 1. The normalized spacial score (nSPS) is 23.9. The molecular formula is C24H27FN6OS4. The molecule has 2 saturated carbocycles. The molecular weight excluding hydrogens is 536 g/mol. The van der Waals surface area contributed by atoms with E-state index >= 15 is 4.39 Å². The lowest BCUT2D eigenvalue weighted by molar-refractivity contribution is 0.0656. The second-order valence-corrected chi connectivity index (χ2v) is 14.7. The van der Waals surface area contributed by atoms with Crippen molar-refractivity contribution < 1.29 is 9.50 Å². The lowest BCUT2D eigenvalue weighted by Gasteiger charge is -2.45. The molecule has 2 heterocycles. The number of fused-ring (bicyclic) bond motifs is 2. The summed E-state index contributed by atoms with van der Waals surface area (Å²) in [6, 6.07) is 6.81. The van der Waals surface area contributed by atoms with Gasteiger partial charge in [-0.05, 0) is 54.9 Å². The number of thioether (sulfide) groups is 1. The molecule has 0 spiro atoms. The lowest BCUT2D eigenvalue weighted by Crippen LogP contribution is -2.49. The standard InChI is InChI=1S/C24H27FN6OS4/c1-31(18-8-13-3-2-4-15(7-13)22(18)25)20-12-26-23(30-28-20)17-6-5-14(9-19(17)32)16-10-21(29-27-11-16)36-24(33,34)35/h5-6,9-13,15,18,22,32-35H,2-4,7-8H2,1H3/t13-,15+,18+,22-/m0/s1. The van der Waals surface area contributed by atoms with Gasteiger partial charge in [-0.1, -0.05) is 30.7 Å². The van der Waals surface area contributed by atoms with Crippen LogP contribution in [-0.2, 0) is 0 Å². The highest BCUT2D eigenvalue weighted by Crippen LogP contribution is 2.44. The third kappa shape index (κ3) is 5.71. The minimum atomic E-state index is -0.898. The van der Waals surface area contributed by atoms with Crippen LogP contribution in [0, 0.1) is 11.8 Å². The number of aromatic hydroxyl groups is 1. The molecule has 1 N–H and O–H groups in total. The molecule has 7 nitrogen and oxygen atoms in total. The number of aromatic nitrogens is 5. The smallest absolute Gasteiger partial charge is 0.185 e. The van der Waals surface area contributed by atoms with E-state index in [4.69, 9.17) is 0 Å². The topological polar surface area (TPSA) is 87.9 Å². The zero-order valence-corrected chi connectivity index (χ0v) is 23.1. The maximum atomic E-state index is 15.2. The van der Waals surface area contributed by atoms with Gasteiger partial charge < -0.3 is 10.0 Å². The van der Waals surface area contributed by atoms with Crippen LogP contribution in [0.1, 0.15) is 32.1 Å². The first-order valence-electron chi connectivity index (χ1n) is 11.8. The summed E-state index contributed by atoms with van der Waals surface area (Å²) in [5, 5.41) is 28.0. The van der Waals surface area contributed by atoms with Crippen molar-refractivity contribution in [3.8, 4) is 28.3 Å². The quantitative estimate of drug-likeness (QED) is 0.177. The fourth-order valence-electron chi connectivity index (χ4n) is 5.31. The van der Waals surface area contributed by atoms with Gasteiger partial charge in [0.2, 0.25) is 0 Å². The molecule has 2 fully saturated rings. The van der Waals surface area contributed by atoms with Crippen LogP contribution >= 0.6 is 49.6 Å². The number of hydrogen-bond acceptors (Lipinski definition) is 11. The maximum Gasteiger partial charge on any atom is 0.185 e. The second kappa shape index (κ2) is 10.5. The molecule has 2 bridgehead atoms. The molecule has 3 aromatic rings. The van der Waals surface area contributed by atoms with E-state index in [1.165, 1.54) is 18.2 Å². The Hall–Kier alpha value is -1.76. The van der Waals surface area contributed by atoms with Crippen LogP contribution in [0.2, 0.25) is 0 Å². The third-order valence-corrected chi connectivity index (χ3v) is 8.57. The average molecular weight is 563 g/mol. The van der Waals surface area contributed by atoms with Crippen LogP contribution in [0.4, 0.5) is 10.2 Å². The van der Waals surface area contributed by atoms with E-state index in [1.54, 1.807) is 24.5 Å². The molecule has 2 aromatic heterocycles. The molecule has 0 radical (unpaired) electrons. The number of thiol groups is 3. The first-order chi connectivity index (χ1) is 17.2. The molecule has 1 aromatic carbocycles. The molecule has 0 amide bonds. The minimum Gasteiger partial charge on any atom is -0.507 e. The summed E-state index contributed by atoms with van der Waals surface area (Å²) >= 11 is 14.0. The Kier molecular flexibility index (Phi) is 7.58. The highest BCUT2D eigenvalue weighted by Gasteiger charge is 2.42. The second-order valence-electron chi connectivity index (χ2n) is 9.48. The Labute approximate surface area is 230 Å². The lowest BCUT2D eigenvalue weighted by atomic mass is 9.69. The molecule has 0 saturated heterocycles. The molecule has 5 rings (SSSR count). The van der Waals surface area contributed by atoms with Crippen LogP contribution in [0.5, 0.6) is 5.75 Å². The van der Waals surface area contributed by atoms with Crippen molar-refractivity contribution in [2.75, 3.05) is 11.9 Å². The summed E-state index contributed by atoms with van der Waals surface area (Å²) in [7, 11) is 1.87. The van der Waals surface area contributed by atoms with E-state index in [9.17, 15) is 5.11 Å². The molecule has 4 atom stereocenters. The first kappa shape index (κ1) is 25.9. The Morgan fingerprint density at radius 2 is 1.89 bits per heavy atom. The number of halogens is 1. The number of phenolic OH excluding ortho intramolecular Hbond substituents is 1. The minimum absolute atomic E-state index is 0.0114. The van der Waals surface area contributed by atoms with Crippen molar-refractivity contribution in [1.29, 1.82) is 0 Å². The van der Waals surface area contributed by atoms with Crippen molar-refractivity contribution in [1.82, 2.24) is 25.4 Å². The fourth-order valence-corrected chi connectivity index (χ4v) is 6.71. The molecule has 0 unspecified atom stereocenters. The summed E-state index contributed by atoms with van der Waals surface area (Å²) in [5.41, 5.74) is 1.97. The van der Waals surface area contributed by atoms with Crippen LogP contribution in [0.3, 0.4) is 0 Å². The summed E-state index contributed by atoms with van der Waals surface area (Å²) in [6.45, 7) is 0. The van der Waals surface area contributed by atoms with Crippen LogP contribution in [0.25, 0.3) is 22.5 Å². The SMILES string of the molecule is CN(c1cnc(-c2ccc(-c3cnnc(SC(S)(S)S)c3)cc2O)nn1)[C@@H]1C[C@H]2CCC[C@H](C2)[C@@H]1F. The van der Waals surface area contributed by atoms with Crippen LogP contribution < -0.4 is 4.90 Å². The van der Waals surface area contributed by atoms with E-state index in [2.05, 4.69) is 63.3 Å². The van der Waals surface area contributed by atoms with Gasteiger partial charge >= 0.3 is 0 Å². The van der Waals surface area contributed by atoms with E-state index < -0.39 is 8.91 Å². The summed E-state index contributed by atoms with van der Waals surface area (Å²) in [4.78, 5) is 6.31. The Morgan fingerprint density at radius 1 is 1.06 bits per heavy atom. The highest BCUT2D eigenvalue weighted by atomic mass is 32.3. The highest BCUT2D eigenvalue weighted by molar-refractivity contribution is 8.36. The van der Waals surface area contributed by atoms with E-state index in [-0.39, 0.29) is 17.7 Å². The van der Waals surface area contributed by atoms with Gasteiger partial charge in [-0.25, -0.2) is 9.37 Å². The number of rotatable bonds is 6. The van der Waals surface area contributed by atoms with E-state index in [0.29, 0.717) is 28.1 Å². The van der Waals surface area contributed by atoms with Gasteiger partial charge in [0.1, 0.15) is 16.9 Å². The maximum absolute atomic E-state index is 15.2. The number of alkyl halides is 1. The Bertz CT molecular complexity index is 1230. The van der Waals surface area contributed by atoms with Crippen LogP contribution in [0.15, 0.2) is 41.7 Å². The number of benzene rings is 1. The molecule has 12 heteroatoms. The van der Waals surface area contributed by atoms with Gasteiger partial charge in [0, 0.05) is 12.6 Å². The number of anilines is 1. The zero-order chi connectivity index (χ0) is 25.4. The zero-order valence-electron chi connectivity index (χ0n) is 19.6. The number of nitrogens with zero attached hydrogens (tertiary/aromatic N) is 6. The Balaban J connectivity index is 1.33. The fraction of sp³-hybridized carbons (Fsp3) is 0.458. The van der Waals surface area contributed by atoms with Crippen molar-refractivity contribution in [2.45, 2.75) is 52.1 Å². The largest absolute Gasteiger partial charge is 0.507 e. The van der Waals surface area contributed by atoms with Crippen molar-refractivity contribution in [3.63, 3.8) is 0 Å². The average Bonchev–Trinajstić information content (AvgIpc) is 2.85. The van der Waals surface area contributed by atoms with Gasteiger partial charge in [-0.3, -0.25) is 0 Å². The molecule has 0 aliphatic heterocycles. The van der Waals surface area contributed by atoms with Gasteiger partial charge in [-0.15, -0.1) is 53.2 Å². The van der Waals surface area contributed by atoms with Crippen molar-refractivity contribution in [3.05, 3.63) is 36.7 Å².